The van der Waals surface area contributed by atoms with Crippen molar-refractivity contribution in [3.63, 3.8) is 0 Å². The zero-order valence-electron chi connectivity index (χ0n) is 18.3. The molecule has 3 heterocycles. The van der Waals surface area contributed by atoms with Gasteiger partial charge in [-0.3, -0.25) is 9.55 Å². The maximum atomic E-state index is 12.2. The molecule has 5 rings (SSSR count). The van der Waals surface area contributed by atoms with E-state index in [0.717, 1.165) is 39.5 Å². The van der Waals surface area contributed by atoms with E-state index in [4.69, 9.17) is 4.42 Å². The van der Waals surface area contributed by atoms with Crippen LogP contribution in [0, 0.1) is 12.8 Å². The summed E-state index contributed by atoms with van der Waals surface area (Å²) in [6.45, 7) is 4.32. The standard InChI is InChI=1S/C25H26N4O2S/c1-16-9-10-20-19(13-23(30)31-22(20)12-16)15-32-25-28-27-24(18-7-5-11-26-14-18)29(25)21-8-4-3-6-17(21)2/h5,7,9-14,17,21H,3-4,6,8,15H2,1-2H3/t17-,21+/m1/s1. The van der Waals surface area contributed by atoms with Crippen molar-refractivity contribution in [1.29, 1.82) is 0 Å². The summed E-state index contributed by atoms with van der Waals surface area (Å²) in [5.41, 5.74) is 3.31. The molecule has 2 atom stereocenters. The third-order valence-corrected chi connectivity index (χ3v) is 7.32. The smallest absolute Gasteiger partial charge is 0.336 e. The molecule has 6 nitrogen and oxygen atoms in total. The normalized spacial score (nSPS) is 18.8. The van der Waals surface area contributed by atoms with Crippen LogP contribution in [0.15, 0.2) is 63.2 Å². The van der Waals surface area contributed by atoms with Crippen LogP contribution in [0.1, 0.15) is 49.8 Å². The second kappa shape index (κ2) is 8.90. The highest BCUT2D eigenvalue weighted by atomic mass is 32.2. The van der Waals surface area contributed by atoms with Gasteiger partial charge in [-0.1, -0.05) is 43.7 Å². The molecule has 164 valence electrons. The summed E-state index contributed by atoms with van der Waals surface area (Å²) in [6.07, 6.45) is 8.45. The first kappa shape index (κ1) is 20.9. The summed E-state index contributed by atoms with van der Waals surface area (Å²) < 4.78 is 7.73. The Kier molecular flexibility index (Phi) is 5.83. The van der Waals surface area contributed by atoms with Crippen molar-refractivity contribution in [2.24, 2.45) is 5.92 Å². The number of nitrogens with zero attached hydrogens (tertiary/aromatic N) is 4. The van der Waals surface area contributed by atoms with Crippen LogP contribution in [0.4, 0.5) is 0 Å². The highest BCUT2D eigenvalue weighted by molar-refractivity contribution is 7.98. The number of aromatic nitrogens is 4. The third-order valence-electron chi connectivity index (χ3n) is 6.32. The van der Waals surface area contributed by atoms with Gasteiger partial charge in [-0.25, -0.2) is 4.79 Å². The molecule has 0 spiro atoms. The van der Waals surface area contributed by atoms with Crippen LogP contribution in [-0.4, -0.2) is 19.7 Å². The lowest BCUT2D eigenvalue weighted by Crippen LogP contribution is -2.22. The molecule has 1 fully saturated rings. The van der Waals surface area contributed by atoms with E-state index >= 15 is 0 Å². The Hall–Kier alpha value is -2.93. The number of aryl methyl sites for hydroxylation is 1. The van der Waals surface area contributed by atoms with E-state index in [0.29, 0.717) is 23.3 Å². The van der Waals surface area contributed by atoms with Crippen LogP contribution in [-0.2, 0) is 5.75 Å². The molecule has 1 aliphatic rings. The molecular formula is C25H26N4O2S. The molecule has 0 bridgehead atoms. The van der Waals surface area contributed by atoms with Gasteiger partial charge in [0.25, 0.3) is 0 Å². The highest BCUT2D eigenvalue weighted by Crippen LogP contribution is 2.39. The Bertz CT molecular complexity index is 1300. The van der Waals surface area contributed by atoms with Gasteiger partial charge >= 0.3 is 5.63 Å². The van der Waals surface area contributed by atoms with Crippen molar-refractivity contribution >= 4 is 22.7 Å². The van der Waals surface area contributed by atoms with Crippen molar-refractivity contribution in [2.45, 2.75) is 56.5 Å². The average molecular weight is 447 g/mol. The van der Waals surface area contributed by atoms with Crippen molar-refractivity contribution in [3.8, 4) is 11.4 Å². The molecule has 32 heavy (non-hydrogen) atoms. The zero-order chi connectivity index (χ0) is 22.1. The Balaban J connectivity index is 1.53. The van der Waals surface area contributed by atoms with Crippen LogP contribution in [0.5, 0.6) is 0 Å². The Labute approximate surface area is 191 Å². The molecule has 3 aromatic heterocycles. The number of thioether (sulfide) groups is 1. The van der Waals surface area contributed by atoms with Crippen LogP contribution in [0.2, 0.25) is 0 Å². The molecule has 1 aliphatic carbocycles. The lowest BCUT2D eigenvalue weighted by molar-refractivity contribution is 0.247. The quantitative estimate of drug-likeness (QED) is 0.285. The molecule has 0 amide bonds. The molecule has 4 aromatic rings. The highest BCUT2D eigenvalue weighted by Gasteiger charge is 2.28. The summed E-state index contributed by atoms with van der Waals surface area (Å²) >= 11 is 1.63. The molecule has 0 N–H and O–H groups in total. The first-order chi connectivity index (χ1) is 15.6. The monoisotopic (exact) mass is 446 g/mol. The van der Waals surface area contributed by atoms with Gasteiger partial charge < -0.3 is 4.42 Å². The van der Waals surface area contributed by atoms with Crippen LogP contribution in [0.3, 0.4) is 0 Å². The number of hydrogen-bond acceptors (Lipinski definition) is 6. The minimum atomic E-state index is -0.322. The lowest BCUT2D eigenvalue weighted by atomic mass is 9.85. The minimum absolute atomic E-state index is 0.322. The van der Waals surface area contributed by atoms with Gasteiger partial charge in [-0.05, 0) is 55.0 Å². The van der Waals surface area contributed by atoms with Gasteiger partial charge in [0.1, 0.15) is 5.58 Å². The van der Waals surface area contributed by atoms with E-state index < -0.39 is 0 Å². The number of pyridine rings is 1. The van der Waals surface area contributed by atoms with Crippen molar-refractivity contribution < 1.29 is 4.42 Å². The number of hydrogen-bond donors (Lipinski definition) is 0. The Morgan fingerprint density at radius 1 is 1.16 bits per heavy atom. The lowest BCUT2D eigenvalue weighted by Gasteiger charge is -2.31. The van der Waals surface area contributed by atoms with Crippen LogP contribution in [0.25, 0.3) is 22.4 Å². The summed E-state index contributed by atoms with van der Waals surface area (Å²) in [6, 6.07) is 11.9. The number of fused-ring (bicyclic) bond motifs is 1. The molecule has 0 aliphatic heterocycles. The predicted molar refractivity (Wildman–Crippen MR) is 127 cm³/mol. The Morgan fingerprint density at radius 2 is 2.03 bits per heavy atom. The first-order valence-electron chi connectivity index (χ1n) is 11.1. The molecule has 1 aromatic carbocycles. The van der Waals surface area contributed by atoms with Crippen molar-refractivity contribution in [2.75, 3.05) is 0 Å². The fourth-order valence-corrected chi connectivity index (χ4v) is 5.63. The van der Waals surface area contributed by atoms with Gasteiger partial charge in [0, 0.05) is 41.2 Å². The maximum Gasteiger partial charge on any atom is 0.336 e. The Morgan fingerprint density at radius 3 is 2.84 bits per heavy atom. The fraction of sp³-hybridized carbons (Fsp3) is 0.360. The molecule has 0 saturated heterocycles. The second-order valence-corrected chi connectivity index (χ2v) is 9.57. The zero-order valence-corrected chi connectivity index (χ0v) is 19.1. The van der Waals surface area contributed by atoms with Crippen LogP contribution < -0.4 is 5.63 Å². The fourth-order valence-electron chi connectivity index (χ4n) is 4.65. The van der Waals surface area contributed by atoms with E-state index in [1.54, 1.807) is 24.0 Å². The average Bonchev–Trinajstić information content (AvgIpc) is 3.21. The topological polar surface area (TPSA) is 73.8 Å². The maximum absolute atomic E-state index is 12.2. The number of benzene rings is 1. The van der Waals surface area contributed by atoms with Gasteiger partial charge in [0.2, 0.25) is 0 Å². The van der Waals surface area contributed by atoms with Gasteiger partial charge in [0.05, 0.1) is 0 Å². The summed E-state index contributed by atoms with van der Waals surface area (Å²) in [5, 5.41) is 11.0. The first-order valence-corrected chi connectivity index (χ1v) is 12.1. The SMILES string of the molecule is Cc1ccc2c(CSc3nnc(-c4cccnc4)n3[C@H]3CCCC[C@H]3C)cc(=O)oc2c1. The van der Waals surface area contributed by atoms with Crippen LogP contribution >= 0.6 is 11.8 Å². The van der Waals surface area contributed by atoms with Gasteiger partial charge in [-0.2, -0.15) is 0 Å². The summed E-state index contributed by atoms with van der Waals surface area (Å²) in [4.78, 5) is 16.4. The predicted octanol–water partition coefficient (Wildman–Crippen LogP) is 5.80. The van der Waals surface area contributed by atoms with E-state index in [2.05, 4.69) is 26.7 Å². The summed E-state index contributed by atoms with van der Waals surface area (Å²) in [7, 11) is 0. The number of rotatable bonds is 5. The second-order valence-electron chi connectivity index (χ2n) is 8.63. The molecular weight excluding hydrogens is 420 g/mol. The van der Waals surface area contributed by atoms with Crippen molar-refractivity contribution in [1.82, 2.24) is 19.7 Å². The third kappa shape index (κ3) is 4.09. The van der Waals surface area contributed by atoms with Gasteiger partial charge in [0.15, 0.2) is 11.0 Å². The minimum Gasteiger partial charge on any atom is -0.423 e. The van der Waals surface area contributed by atoms with E-state index in [1.165, 1.54) is 19.3 Å². The molecule has 0 unspecified atom stereocenters. The molecule has 1 saturated carbocycles. The van der Waals surface area contributed by atoms with Gasteiger partial charge in [-0.15, -0.1) is 10.2 Å². The van der Waals surface area contributed by atoms with Crippen molar-refractivity contribution in [3.05, 3.63) is 70.3 Å². The molecule has 7 heteroatoms. The summed E-state index contributed by atoms with van der Waals surface area (Å²) in [5.74, 6) is 2.05. The largest absolute Gasteiger partial charge is 0.423 e. The van der Waals surface area contributed by atoms with E-state index in [9.17, 15) is 4.79 Å². The van der Waals surface area contributed by atoms with E-state index in [1.807, 2.05) is 43.5 Å². The molecule has 0 radical (unpaired) electrons. The van der Waals surface area contributed by atoms with E-state index in [-0.39, 0.29) is 5.63 Å².